The van der Waals surface area contributed by atoms with Gasteiger partial charge in [-0.25, -0.2) is 4.79 Å². The second kappa shape index (κ2) is 10.1. The number of carboxylic acids is 1. The average molecular weight is 481 g/mol. The molecule has 2 aromatic rings. The minimum atomic E-state index is -1.26. The molecule has 35 heavy (non-hydrogen) atoms. The predicted molar refractivity (Wildman–Crippen MR) is 135 cm³/mol. The number of carbonyl (C=O) groups excluding carboxylic acids is 2. The first-order chi connectivity index (χ1) is 16.4. The Morgan fingerprint density at radius 2 is 1.49 bits per heavy atom. The van der Waals surface area contributed by atoms with Crippen LogP contribution in [0.1, 0.15) is 65.0 Å². The molecule has 7 heteroatoms. The summed E-state index contributed by atoms with van der Waals surface area (Å²) < 4.78 is 5.62. The van der Waals surface area contributed by atoms with E-state index in [2.05, 4.69) is 22.8 Å². The Hall–Kier alpha value is -3.35. The number of ether oxygens (including phenoxy) is 1. The maximum absolute atomic E-state index is 13.2. The van der Waals surface area contributed by atoms with E-state index in [0.717, 1.165) is 22.3 Å². The highest BCUT2D eigenvalue weighted by Gasteiger charge is 2.43. The molecule has 2 amide bonds. The second-order valence-corrected chi connectivity index (χ2v) is 10.4. The van der Waals surface area contributed by atoms with Crippen molar-refractivity contribution >= 4 is 18.0 Å². The minimum Gasteiger partial charge on any atom is -0.481 e. The van der Waals surface area contributed by atoms with Gasteiger partial charge in [-0.2, -0.15) is 0 Å². The topological polar surface area (TPSA) is 105 Å². The summed E-state index contributed by atoms with van der Waals surface area (Å²) in [6.45, 7) is 10.4. The van der Waals surface area contributed by atoms with Crippen molar-refractivity contribution in [2.75, 3.05) is 6.61 Å². The third kappa shape index (κ3) is 5.19. The number of benzene rings is 2. The van der Waals surface area contributed by atoms with Crippen LogP contribution < -0.4 is 10.6 Å². The largest absolute Gasteiger partial charge is 0.481 e. The van der Waals surface area contributed by atoms with Crippen molar-refractivity contribution in [2.45, 2.75) is 65.5 Å². The van der Waals surface area contributed by atoms with Crippen LogP contribution in [0, 0.1) is 11.3 Å². The van der Waals surface area contributed by atoms with Crippen LogP contribution in [0.4, 0.5) is 4.79 Å². The number of carboxylic acid groups (broad SMARTS) is 1. The van der Waals surface area contributed by atoms with Crippen molar-refractivity contribution in [2.24, 2.45) is 11.3 Å². The molecular formula is C28H36N2O5. The highest BCUT2D eigenvalue weighted by atomic mass is 16.5. The molecule has 0 heterocycles. The minimum absolute atomic E-state index is 0.0865. The number of fused-ring (bicyclic) bond motifs is 3. The molecule has 0 bridgehead atoms. The number of nitrogens with one attached hydrogen (secondary N) is 2. The van der Waals surface area contributed by atoms with Crippen molar-refractivity contribution in [1.82, 2.24) is 10.6 Å². The Kier molecular flexibility index (Phi) is 7.58. The van der Waals surface area contributed by atoms with E-state index in [9.17, 15) is 19.5 Å². The zero-order valence-corrected chi connectivity index (χ0v) is 21.3. The lowest BCUT2D eigenvalue weighted by Gasteiger charge is -2.37. The summed E-state index contributed by atoms with van der Waals surface area (Å²) >= 11 is 0. The first-order valence-electron chi connectivity index (χ1n) is 12.1. The third-order valence-electron chi connectivity index (χ3n) is 7.21. The molecule has 188 valence electrons. The number of rotatable bonds is 9. The molecule has 2 unspecified atom stereocenters. The maximum atomic E-state index is 13.2. The molecule has 3 rings (SSSR count). The van der Waals surface area contributed by atoms with Gasteiger partial charge < -0.3 is 20.5 Å². The fourth-order valence-corrected chi connectivity index (χ4v) is 4.78. The summed E-state index contributed by atoms with van der Waals surface area (Å²) in [6.07, 6.45) is -0.383. The van der Waals surface area contributed by atoms with E-state index in [-0.39, 0.29) is 18.4 Å². The van der Waals surface area contributed by atoms with Gasteiger partial charge in [-0.15, -0.1) is 0 Å². The molecule has 2 atom stereocenters. The van der Waals surface area contributed by atoms with Gasteiger partial charge in [0.2, 0.25) is 5.91 Å². The standard InChI is InChI=1S/C28H36N2O5/c1-7-28(6,24(31)29-23(17(2)3)27(4,5)25(32)33)30-26(34)35-16-22-20-14-10-8-12-18(20)19-13-9-11-15-21(19)22/h8-15,17,22-23H,7,16H2,1-6H3,(H,29,31)(H,30,34)(H,32,33). The summed E-state index contributed by atoms with van der Waals surface area (Å²) in [6, 6.07) is 15.5. The Morgan fingerprint density at radius 1 is 0.971 bits per heavy atom. The molecule has 7 nitrogen and oxygen atoms in total. The fraction of sp³-hybridized carbons (Fsp3) is 0.464. The van der Waals surface area contributed by atoms with Gasteiger partial charge in [0.15, 0.2) is 0 Å². The molecular weight excluding hydrogens is 444 g/mol. The molecule has 1 aliphatic rings. The van der Waals surface area contributed by atoms with Crippen LogP contribution in [0.2, 0.25) is 0 Å². The summed E-state index contributed by atoms with van der Waals surface area (Å²) in [4.78, 5) is 37.8. The van der Waals surface area contributed by atoms with Crippen LogP contribution in [0.15, 0.2) is 48.5 Å². The molecule has 0 spiro atoms. The predicted octanol–water partition coefficient (Wildman–Crippen LogP) is 4.95. The quantitative estimate of drug-likeness (QED) is 0.471. The Morgan fingerprint density at radius 3 is 1.94 bits per heavy atom. The van der Waals surface area contributed by atoms with Gasteiger partial charge in [0.1, 0.15) is 12.1 Å². The number of hydrogen-bond acceptors (Lipinski definition) is 4. The maximum Gasteiger partial charge on any atom is 0.408 e. The van der Waals surface area contributed by atoms with Crippen LogP contribution in [0.5, 0.6) is 0 Å². The zero-order valence-electron chi connectivity index (χ0n) is 21.3. The van der Waals surface area contributed by atoms with Crippen molar-refractivity contribution in [1.29, 1.82) is 0 Å². The normalized spacial score (nSPS) is 15.5. The Bertz CT molecular complexity index is 1060. The number of aliphatic carboxylic acids is 1. The summed E-state index contributed by atoms with van der Waals surface area (Å²) in [5, 5.41) is 15.2. The molecule has 0 fully saturated rings. The lowest BCUT2D eigenvalue weighted by molar-refractivity contribution is -0.150. The van der Waals surface area contributed by atoms with Crippen LogP contribution in [0.3, 0.4) is 0 Å². The zero-order chi connectivity index (χ0) is 26.0. The highest BCUT2D eigenvalue weighted by Crippen LogP contribution is 2.44. The molecule has 0 radical (unpaired) electrons. The number of hydrogen-bond donors (Lipinski definition) is 3. The molecule has 0 aromatic heterocycles. The van der Waals surface area contributed by atoms with E-state index in [1.807, 2.05) is 50.2 Å². The van der Waals surface area contributed by atoms with Crippen LogP contribution in [0.25, 0.3) is 11.1 Å². The number of alkyl carbamates (subject to hydrolysis) is 1. The number of carbonyl (C=O) groups is 3. The van der Waals surface area contributed by atoms with Gasteiger partial charge in [-0.3, -0.25) is 9.59 Å². The lowest BCUT2D eigenvalue weighted by Crippen LogP contribution is -2.62. The van der Waals surface area contributed by atoms with Gasteiger partial charge in [-0.1, -0.05) is 69.3 Å². The molecule has 3 N–H and O–H groups in total. The third-order valence-corrected chi connectivity index (χ3v) is 7.21. The molecule has 0 saturated carbocycles. The highest BCUT2D eigenvalue weighted by molar-refractivity contribution is 5.90. The summed E-state index contributed by atoms with van der Waals surface area (Å²) in [5.41, 5.74) is 2.04. The van der Waals surface area contributed by atoms with Gasteiger partial charge in [-0.05, 0) is 55.4 Å². The lowest BCUT2D eigenvalue weighted by atomic mass is 9.78. The van der Waals surface area contributed by atoms with Crippen LogP contribution in [-0.4, -0.2) is 41.3 Å². The first kappa shape index (κ1) is 26.3. The van der Waals surface area contributed by atoms with Crippen molar-refractivity contribution in [3.63, 3.8) is 0 Å². The van der Waals surface area contributed by atoms with Gasteiger partial charge >= 0.3 is 12.1 Å². The van der Waals surface area contributed by atoms with Crippen molar-refractivity contribution in [3.05, 3.63) is 59.7 Å². The van der Waals surface area contributed by atoms with E-state index in [1.54, 1.807) is 27.7 Å². The Balaban J connectivity index is 1.70. The second-order valence-electron chi connectivity index (χ2n) is 10.4. The van der Waals surface area contributed by atoms with E-state index in [1.165, 1.54) is 0 Å². The van der Waals surface area contributed by atoms with Crippen molar-refractivity contribution in [3.8, 4) is 11.1 Å². The molecule has 0 saturated heterocycles. The monoisotopic (exact) mass is 480 g/mol. The van der Waals surface area contributed by atoms with E-state index in [0.29, 0.717) is 6.42 Å². The summed E-state index contributed by atoms with van der Waals surface area (Å²) in [5.74, 6) is -1.65. The fourth-order valence-electron chi connectivity index (χ4n) is 4.78. The van der Waals surface area contributed by atoms with E-state index in [4.69, 9.17) is 4.74 Å². The van der Waals surface area contributed by atoms with E-state index >= 15 is 0 Å². The van der Waals surface area contributed by atoms with Crippen LogP contribution in [-0.2, 0) is 14.3 Å². The van der Waals surface area contributed by atoms with Gasteiger partial charge in [0, 0.05) is 12.0 Å². The Labute approximate surface area is 207 Å². The van der Waals surface area contributed by atoms with E-state index < -0.39 is 35.0 Å². The SMILES string of the molecule is CCC(C)(NC(=O)OCC1c2ccccc2-c2ccccc21)C(=O)NC(C(C)C)C(C)(C)C(=O)O. The molecule has 1 aliphatic carbocycles. The van der Waals surface area contributed by atoms with Crippen LogP contribution >= 0.6 is 0 Å². The van der Waals surface area contributed by atoms with Crippen molar-refractivity contribution < 1.29 is 24.2 Å². The average Bonchev–Trinajstić information content (AvgIpc) is 3.14. The molecule has 2 aromatic carbocycles. The molecule has 0 aliphatic heterocycles. The van der Waals surface area contributed by atoms with Gasteiger partial charge in [0.25, 0.3) is 0 Å². The van der Waals surface area contributed by atoms with Gasteiger partial charge in [0.05, 0.1) is 5.41 Å². The summed E-state index contributed by atoms with van der Waals surface area (Å²) in [7, 11) is 0. The number of amides is 2. The smallest absolute Gasteiger partial charge is 0.408 e. The first-order valence-corrected chi connectivity index (χ1v) is 12.1.